The molecule has 146 valence electrons. The summed E-state index contributed by atoms with van der Waals surface area (Å²) in [6, 6.07) is 15.0. The van der Waals surface area contributed by atoms with Gasteiger partial charge in [-0.1, -0.05) is 41.0 Å². The van der Waals surface area contributed by atoms with Crippen LogP contribution in [0.15, 0.2) is 53.1 Å². The zero-order valence-corrected chi connectivity index (χ0v) is 17.2. The fraction of sp³-hybridized carbons (Fsp3) is 0.250. The van der Waals surface area contributed by atoms with Gasteiger partial charge in [0, 0.05) is 23.4 Å². The Morgan fingerprint density at radius 3 is 2.86 bits per heavy atom. The largest absolute Gasteiger partial charge is 0.497 e. The molecular weight excluding hydrogens is 398 g/mol. The molecule has 0 N–H and O–H groups in total. The molecule has 1 aromatic heterocycles. The summed E-state index contributed by atoms with van der Waals surface area (Å²) >= 11 is 7.51. The van der Waals surface area contributed by atoms with E-state index in [9.17, 15) is 4.79 Å². The monoisotopic (exact) mass is 417 g/mol. The van der Waals surface area contributed by atoms with Crippen LogP contribution in [0.2, 0.25) is 5.02 Å². The molecule has 8 heteroatoms. The molecule has 3 rings (SSSR count). The summed E-state index contributed by atoms with van der Waals surface area (Å²) in [6.45, 7) is 0.257. The predicted octanol–water partition coefficient (Wildman–Crippen LogP) is 4.29. The van der Waals surface area contributed by atoms with Crippen LogP contribution >= 0.6 is 23.4 Å². The standard InChI is InChI=1S/C20H20ClN3O3S/c1-24(19(25)13-28-12-14-5-3-7-16(21)9-14)11-18-22-20(23-27-18)15-6-4-8-17(10-15)26-2/h3-10H,11-13H2,1-2H3. The molecule has 0 fully saturated rings. The Hall–Kier alpha value is -2.51. The van der Waals surface area contributed by atoms with Gasteiger partial charge >= 0.3 is 0 Å². The number of benzene rings is 2. The lowest BCUT2D eigenvalue weighted by Gasteiger charge is -2.14. The van der Waals surface area contributed by atoms with Crippen molar-refractivity contribution in [3.8, 4) is 17.1 Å². The van der Waals surface area contributed by atoms with Gasteiger partial charge in [0.05, 0.1) is 19.4 Å². The van der Waals surface area contributed by atoms with Crippen LogP contribution in [-0.4, -0.2) is 40.9 Å². The van der Waals surface area contributed by atoms with Crippen LogP contribution in [0.25, 0.3) is 11.4 Å². The van der Waals surface area contributed by atoms with Gasteiger partial charge in [0.1, 0.15) is 5.75 Å². The van der Waals surface area contributed by atoms with Crippen molar-refractivity contribution in [1.29, 1.82) is 0 Å². The number of ether oxygens (including phenoxy) is 1. The van der Waals surface area contributed by atoms with Crippen molar-refractivity contribution in [3.05, 3.63) is 65.0 Å². The summed E-state index contributed by atoms with van der Waals surface area (Å²) in [5, 5.41) is 4.69. The fourth-order valence-electron chi connectivity index (χ4n) is 2.48. The van der Waals surface area contributed by atoms with Gasteiger partial charge in [-0.05, 0) is 29.8 Å². The third-order valence-electron chi connectivity index (χ3n) is 3.98. The smallest absolute Gasteiger partial charge is 0.246 e. The molecule has 0 aliphatic rings. The third kappa shape index (κ3) is 5.50. The lowest BCUT2D eigenvalue weighted by atomic mass is 10.2. The predicted molar refractivity (Wildman–Crippen MR) is 110 cm³/mol. The zero-order valence-electron chi connectivity index (χ0n) is 15.6. The highest BCUT2D eigenvalue weighted by molar-refractivity contribution is 7.99. The number of nitrogens with zero attached hydrogens (tertiary/aromatic N) is 3. The van der Waals surface area contributed by atoms with Crippen LogP contribution in [0, 0.1) is 0 Å². The summed E-state index contributed by atoms with van der Waals surface area (Å²) in [5.74, 6) is 2.64. The van der Waals surface area contributed by atoms with Gasteiger partial charge in [0.2, 0.25) is 17.6 Å². The van der Waals surface area contributed by atoms with E-state index >= 15 is 0 Å². The molecule has 0 aliphatic heterocycles. The van der Waals surface area contributed by atoms with Gasteiger partial charge in [-0.3, -0.25) is 4.79 Å². The Morgan fingerprint density at radius 1 is 1.25 bits per heavy atom. The molecule has 1 heterocycles. The molecule has 0 radical (unpaired) electrons. The Kier molecular flexibility index (Phi) is 6.95. The van der Waals surface area contributed by atoms with E-state index in [2.05, 4.69) is 10.1 Å². The molecule has 1 amide bonds. The normalized spacial score (nSPS) is 10.7. The number of methoxy groups -OCH3 is 1. The van der Waals surface area contributed by atoms with Crippen molar-refractivity contribution in [2.24, 2.45) is 0 Å². The van der Waals surface area contributed by atoms with Crippen molar-refractivity contribution in [3.63, 3.8) is 0 Å². The number of hydrogen-bond acceptors (Lipinski definition) is 6. The van der Waals surface area contributed by atoms with E-state index in [1.54, 1.807) is 19.1 Å². The van der Waals surface area contributed by atoms with Gasteiger partial charge in [0.25, 0.3) is 0 Å². The van der Waals surface area contributed by atoms with Gasteiger partial charge in [-0.15, -0.1) is 11.8 Å². The van der Waals surface area contributed by atoms with Crippen LogP contribution in [0.3, 0.4) is 0 Å². The highest BCUT2D eigenvalue weighted by atomic mass is 35.5. The molecule has 6 nitrogen and oxygen atoms in total. The molecule has 0 unspecified atom stereocenters. The first-order valence-electron chi connectivity index (χ1n) is 8.58. The highest BCUT2D eigenvalue weighted by Gasteiger charge is 2.15. The van der Waals surface area contributed by atoms with E-state index in [0.717, 1.165) is 16.9 Å². The summed E-state index contributed by atoms with van der Waals surface area (Å²) < 4.78 is 10.5. The fourth-order valence-corrected chi connectivity index (χ4v) is 3.61. The van der Waals surface area contributed by atoms with Crippen molar-refractivity contribution >= 4 is 29.3 Å². The van der Waals surface area contributed by atoms with Crippen LogP contribution < -0.4 is 4.74 Å². The van der Waals surface area contributed by atoms with E-state index < -0.39 is 0 Å². The van der Waals surface area contributed by atoms with Crippen LogP contribution in [0.5, 0.6) is 5.75 Å². The highest BCUT2D eigenvalue weighted by Crippen LogP contribution is 2.22. The average molecular weight is 418 g/mol. The number of carbonyl (C=O) groups excluding carboxylic acids is 1. The lowest BCUT2D eigenvalue weighted by Crippen LogP contribution is -2.28. The average Bonchev–Trinajstić information content (AvgIpc) is 3.16. The number of hydrogen-bond donors (Lipinski definition) is 0. The molecule has 0 aliphatic carbocycles. The quantitative estimate of drug-likeness (QED) is 0.544. The minimum absolute atomic E-state index is 0.00633. The molecule has 0 spiro atoms. The number of rotatable bonds is 8. The molecule has 0 saturated heterocycles. The first-order chi connectivity index (χ1) is 13.5. The Morgan fingerprint density at radius 2 is 2.07 bits per heavy atom. The van der Waals surface area contributed by atoms with Crippen LogP contribution in [0.4, 0.5) is 0 Å². The lowest BCUT2D eigenvalue weighted by molar-refractivity contribution is -0.127. The topological polar surface area (TPSA) is 68.5 Å². The van der Waals surface area contributed by atoms with Crippen LogP contribution in [-0.2, 0) is 17.1 Å². The number of amides is 1. The van der Waals surface area contributed by atoms with E-state index in [4.69, 9.17) is 20.9 Å². The Balaban J connectivity index is 1.52. The molecule has 2 aromatic carbocycles. The van der Waals surface area contributed by atoms with E-state index in [1.165, 1.54) is 11.8 Å². The van der Waals surface area contributed by atoms with E-state index in [1.807, 2.05) is 48.5 Å². The summed E-state index contributed by atoms with van der Waals surface area (Å²) in [5.41, 5.74) is 1.88. The molecule has 0 saturated carbocycles. The summed E-state index contributed by atoms with van der Waals surface area (Å²) in [7, 11) is 3.32. The first-order valence-corrected chi connectivity index (χ1v) is 10.1. The number of carbonyl (C=O) groups is 1. The van der Waals surface area contributed by atoms with Crippen molar-refractivity contribution in [2.45, 2.75) is 12.3 Å². The second-order valence-corrected chi connectivity index (χ2v) is 7.54. The number of halogens is 1. The minimum atomic E-state index is -0.00633. The van der Waals surface area contributed by atoms with Crippen molar-refractivity contribution in [1.82, 2.24) is 15.0 Å². The zero-order chi connectivity index (χ0) is 19.9. The first kappa shape index (κ1) is 20.2. The van der Waals surface area contributed by atoms with Crippen LogP contribution in [0.1, 0.15) is 11.5 Å². The Labute approximate surface area is 172 Å². The maximum Gasteiger partial charge on any atom is 0.246 e. The van der Waals surface area contributed by atoms with E-state index in [0.29, 0.717) is 28.2 Å². The third-order valence-corrected chi connectivity index (χ3v) is 5.20. The molecule has 28 heavy (non-hydrogen) atoms. The maximum absolute atomic E-state index is 12.3. The summed E-state index contributed by atoms with van der Waals surface area (Å²) in [4.78, 5) is 18.3. The summed E-state index contributed by atoms with van der Waals surface area (Å²) in [6.07, 6.45) is 0. The number of aromatic nitrogens is 2. The van der Waals surface area contributed by atoms with Gasteiger partial charge < -0.3 is 14.2 Å². The maximum atomic E-state index is 12.3. The minimum Gasteiger partial charge on any atom is -0.497 e. The van der Waals surface area contributed by atoms with E-state index in [-0.39, 0.29) is 12.5 Å². The molecule has 0 bridgehead atoms. The second kappa shape index (κ2) is 9.61. The molecule has 3 aromatic rings. The van der Waals surface area contributed by atoms with Crippen molar-refractivity contribution in [2.75, 3.05) is 19.9 Å². The second-order valence-electron chi connectivity index (χ2n) is 6.12. The molecular formula is C20H20ClN3O3S. The Bertz CT molecular complexity index is 948. The number of thioether (sulfide) groups is 1. The SMILES string of the molecule is COc1cccc(-c2noc(CN(C)C(=O)CSCc3cccc(Cl)c3)n2)c1. The van der Waals surface area contributed by atoms with Gasteiger partial charge in [-0.25, -0.2) is 0 Å². The van der Waals surface area contributed by atoms with Crippen molar-refractivity contribution < 1.29 is 14.1 Å². The van der Waals surface area contributed by atoms with Gasteiger partial charge in [0.15, 0.2) is 0 Å². The molecule has 0 atom stereocenters. The van der Waals surface area contributed by atoms with Gasteiger partial charge in [-0.2, -0.15) is 4.98 Å².